The van der Waals surface area contributed by atoms with Gasteiger partial charge in [-0.25, -0.2) is 4.39 Å². The third-order valence-electron chi connectivity index (χ3n) is 1.99. The Kier molecular flexibility index (Phi) is 3.43. The lowest BCUT2D eigenvalue weighted by Gasteiger charge is -2.05. The Morgan fingerprint density at radius 3 is 2.62 bits per heavy atom. The summed E-state index contributed by atoms with van der Waals surface area (Å²) in [5, 5.41) is 0. The molecule has 1 nitrogen and oxygen atoms in total. The predicted octanol–water partition coefficient (Wildman–Crippen LogP) is 2.41. The Hall–Kier alpha value is -0.890. The van der Waals surface area contributed by atoms with E-state index in [1.807, 2.05) is 19.9 Å². The van der Waals surface area contributed by atoms with Gasteiger partial charge in [0.1, 0.15) is 5.82 Å². The molecule has 1 aromatic carbocycles. The lowest BCUT2D eigenvalue weighted by molar-refractivity contribution is 0.618. The molecule has 0 aromatic heterocycles. The lowest BCUT2D eigenvalue weighted by Crippen LogP contribution is -2.15. The minimum Gasteiger partial charge on any atom is -0.328 e. The van der Waals surface area contributed by atoms with E-state index >= 15 is 0 Å². The molecule has 0 heterocycles. The van der Waals surface area contributed by atoms with E-state index in [1.165, 1.54) is 6.07 Å². The Labute approximate surface area is 78.8 Å². The summed E-state index contributed by atoms with van der Waals surface area (Å²) in [6, 6.07) is 5.31. The highest BCUT2D eigenvalue weighted by molar-refractivity contribution is 5.23. The van der Waals surface area contributed by atoms with E-state index < -0.39 is 0 Å². The second-order valence-corrected chi connectivity index (χ2v) is 3.65. The smallest absolute Gasteiger partial charge is 0.123 e. The summed E-state index contributed by atoms with van der Waals surface area (Å²) in [6.45, 7) is 3.87. The van der Waals surface area contributed by atoms with Gasteiger partial charge < -0.3 is 5.73 Å². The van der Waals surface area contributed by atoms with Gasteiger partial charge >= 0.3 is 0 Å². The monoisotopic (exact) mass is 181 g/mol. The van der Waals surface area contributed by atoms with Crippen LogP contribution in [0.5, 0.6) is 0 Å². The molecule has 0 aliphatic rings. The number of nitrogens with two attached hydrogens (primary N) is 1. The number of hydrogen-bond acceptors (Lipinski definition) is 1. The molecule has 0 aliphatic heterocycles. The average molecular weight is 181 g/mol. The summed E-state index contributed by atoms with van der Waals surface area (Å²) >= 11 is 0. The van der Waals surface area contributed by atoms with Gasteiger partial charge in [0.15, 0.2) is 0 Å². The van der Waals surface area contributed by atoms with Gasteiger partial charge in [-0.3, -0.25) is 0 Å². The highest BCUT2D eigenvalue weighted by atomic mass is 19.1. The van der Waals surface area contributed by atoms with Crippen LogP contribution in [0.2, 0.25) is 0 Å². The standard InChI is InChI=1S/C11H16FN/c1-8-5-10(4-3-9(2)13)7-11(12)6-8/h5-7,9H,3-4,13H2,1-2H3/t9-/m1/s1. The highest BCUT2D eigenvalue weighted by Gasteiger charge is 2.00. The highest BCUT2D eigenvalue weighted by Crippen LogP contribution is 2.10. The zero-order chi connectivity index (χ0) is 9.84. The van der Waals surface area contributed by atoms with Crippen molar-refractivity contribution < 1.29 is 4.39 Å². The van der Waals surface area contributed by atoms with Crippen molar-refractivity contribution in [2.45, 2.75) is 32.7 Å². The Morgan fingerprint density at radius 1 is 1.38 bits per heavy atom. The van der Waals surface area contributed by atoms with Crippen molar-refractivity contribution in [2.75, 3.05) is 0 Å². The minimum absolute atomic E-state index is 0.153. The van der Waals surface area contributed by atoms with E-state index in [0.29, 0.717) is 0 Å². The second kappa shape index (κ2) is 4.38. The molecule has 0 spiro atoms. The fourth-order valence-electron chi connectivity index (χ4n) is 1.35. The Balaban J connectivity index is 2.66. The first-order chi connectivity index (χ1) is 6.08. The van der Waals surface area contributed by atoms with Crippen LogP contribution in [0.1, 0.15) is 24.5 Å². The minimum atomic E-state index is -0.153. The maximum atomic E-state index is 12.9. The topological polar surface area (TPSA) is 26.0 Å². The van der Waals surface area contributed by atoms with Crippen LogP contribution in [0.25, 0.3) is 0 Å². The fourth-order valence-corrected chi connectivity index (χ4v) is 1.35. The van der Waals surface area contributed by atoms with E-state index in [0.717, 1.165) is 24.0 Å². The molecule has 0 unspecified atom stereocenters. The van der Waals surface area contributed by atoms with Crippen molar-refractivity contribution in [3.05, 3.63) is 35.1 Å². The summed E-state index contributed by atoms with van der Waals surface area (Å²) in [7, 11) is 0. The quantitative estimate of drug-likeness (QED) is 0.761. The molecule has 1 aromatic rings. The molecule has 0 fully saturated rings. The van der Waals surface area contributed by atoms with Gasteiger partial charge in [0.05, 0.1) is 0 Å². The largest absolute Gasteiger partial charge is 0.328 e. The van der Waals surface area contributed by atoms with E-state index in [1.54, 1.807) is 6.07 Å². The van der Waals surface area contributed by atoms with Crippen LogP contribution < -0.4 is 5.73 Å². The lowest BCUT2D eigenvalue weighted by atomic mass is 10.0. The molecule has 0 radical (unpaired) electrons. The van der Waals surface area contributed by atoms with E-state index in [4.69, 9.17) is 5.73 Å². The summed E-state index contributed by atoms with van der Waals surface area (Å²) in [5.41, 5.74) is 7.63. The van der Waals surface area contributed by atoms with Crippen LogP contribution in [0, 0.1) is 12.7 Å². The van der Waals surface area contributed by atoms with Crippen molar-refractivity contribution in [3.63, 3.8) is 0 Å². The molecule has 72 valence electrons. The van der Waals surface area contributed by atoms with E-state index in [9.17, 15) is 4.39 Å². The van der Waals surface area contributed by atoms with Crippen molar-refractivity contribution in [2.24, 2.45) is 5.73 Å². The molecule has 0 amide bonds. The van der Waals surface area contributed by atoms with Gasteiger partial charge in [0, 0.05) is 6.04 Å². The van der Waals surface area contributed by atoms with Gasteiger partial charge in [0.2, 0.25) is 0 Å². The Morgan fingerprint density at radius 2 is 2.08 bits per heavy atom. The van der Waals surface area contributed by atoms with Crippen LogP contribution in [0.3, 0.4) is 0 Å². The van der Waals surface area contributed by atoms with Gasteiger partial charge in [0.25, 0.3) is 0 Å². The van der Waals surface area contributed by atoms with Crippen LogP contribution in [-0.4, -0.2) is 6.04 Å². The van der Waals surface area contributed by atoms with Crippen molar-refractivity contribution >= 4 is 0 Å². The number of rotatable bonds is 3. The number of benzene rings is 1. The molecular weight excluding hydrogens is 165 g/mol. The van der Waals surface area contributed by atoms with Gasteiger partial charge in [-0.1, -0.05) is 6.07 Å². The van der Waals surface area contributed by atoms with Crippen molar-refractivity contribution in [3.8, 4) is 0 Å². The molecule has 0 bridgehead atoms. The van der Waals surface area contributed by atoms with E-state index in [-0.39, 0.29) is 11.9 Å². The third-order valence-corrected chi connectivity index (χ3v) is 1.99. The maximum Gasteiger partial charge on any atom is 0.123 e. The number of hydrogen-bond donors (Lipinski definition) is 1. The molecular formula is C11H16FN. The van der Waals surface area contributed by atoms with Crippen molar-refractivity contribution in [1.29, 1.82) is 0 Å². The SMILES string of the molecule is Cc1cc(F)cc(CC[C@@H](C)N)c1. The first-order valence-corrected chi connectivity index (χ1v) is 4.59. The van der Waals surface area contributed by atoms with Gasteiger partial charge in [-0.2, -0.15) is 0 Å². The molecule has 2 N–H and O–H groups in total. The molecule has 1 rings (SSSR count). The fraction of sp³-hybridized carbons (Fsp3) is 0.455. The maximum absolute atomic E-state index is 12.9. The average Bonchev–Trinajstić information content (AvgIpc) is 1.99. The van der Waals surface area contributed by atoms with Gasteiger partial charge in [-0.05, 0) is 49.9 Å². The molecule has 2 heteroatoms. The van der Waals surface area contributed by atoms with Gasteiger partial charge in [-0.15, -0.1) is 0 Å². The Bertz CT molecular complexity index is 261. The summed E-state index contributed by atoms with van der Waals surface area (Å²) < 4.78 is 12.9. The predicted molar refractivity (Wildman–Crippen MR) is 53.1 cm³/mol. The zero-order valence-electron chi connectivity index (χ0n) is 8.18. The summed E-state index contributed by atoms with van der Waals surface area (Å²) in [6.07, 6.45) is 1.76. The molecule has 1 atom stereocenters. The normalized spacial score (nSPS) is 12.9. The van der Waals surface area contributed by atoms with Crippen LogP contribution in [0.15, 0.2) is 18.2 Å². The molecule has 0 saturated carbocycles. The summed E-state index contributed by atoms with van der Waals surface area (Å²) in [4.78, 5) is 0. The summed E-state index contributed by atoms with van der Waals surface area (Å²) in [5.74, 6) is -0.153. The van der Waals surface area contributed by atoms with E-state index in [2.05, 4.69) is 0 Å². The first kappa shape index (κ1) is 10.2. The number of halogens is 1. The molecule has 0 aliphatic carbocycles. The zero-order valence-corrected chi connectivity index (χ0v) is 8.18. The van der Waals surface area contributed by atoms with Crippen molar-refractivity contribution in [1.82, 2.24) is 0 Å². The molecule has 13 heavy (non-hydrogen) atoms. The number of aryl methyl sites for hydroxylation is 2. The van der Waals surface area contributed by atoms with Crippen LogP contribution in [-0.2, 0) is 6.42 Å². The third kappa shape index (κ3) is 3.55. The first-order valence-electron chi connectivity index (χ1n) is 4.59. The van der Waals surface area contributed by atoms with Crippen LogP contribution >= 0.6 is 0 Å². The second-order valence-electron chi connectivity index (χ2n) is 3.65. The molecule has 0 saturated heterocycles. The van der Waals surface area contributed by atoms with Crippen LogP contribution in [0.4, 0.5) is 4.39 Å².